The van der Waals surface area contributed by atoms with Crippen LogP contribution >= 0.6 is 23.2 Å². The number of alkyl halides is 1. The molecular formula is C18H23Cl2NNaO-. The zero-order valence-electron chi connectivity index (χ0n) is 13.8. The Kier molecular flexibility index (Phi) is 13.6. The largest absolute Gasteiger partial charge is 1.00 e. The molecule has 0 saturated carbocycles. The fourth-order valence-corrected chi connectivity index (χ4v) is 3.00. The molecular weight excluding hydrogens is 340 g/mol. The molecule has 1 saturated heterocycles. The first-order valence-corrected chi connectivity index (χ1v) is 8.41. The molecule has 122 valence electrons. The summed E-state index contributed by atoms with van der Waals surface area (Å²) in [5, 5.41) is 6.24. The predicted molar refractivity (Wildman–Crippen MR) is 94.0 cm³/mol. The van der Waals surface area contributed by atoms with Crippen LogP contribution < -0.4 is 29.6 Å². The second-order valence-corrected chi connectivity index (χ2v) is 6.07. The van der Waals surface area contributed by atoms with E-state index in [1.165, 1.54) is 24.8 Å². The Labute approximate surface area is 172 Å². The van der Waals surface area contributed by atoms with Crippen molar-refractivity contribution in [3.8, 4) is 0 Å². The van der Waals surface area contributed by atoms with Gasteiger partial charge in [0, 0.05) is 18.1 Å². The number of hydrogen-bond acceptors (Lipinski definition) is 2. The molecule has 1 aliphatic carbocycles. The first-order valence-electron chi connectivity index (χ1n) is 7.50. The number of benzene rings is 1. The standard InChI is InChI=1S/C11H16ClO.C6H4Cl.CH3N.Na/c12-8-4-10-2-6-11(7-3-10)5-1-9-13-11;7-6-4-2-1-3-5-6;1-2;/h1-2,4-9H2;1-2,4-5H;2H,1H2;/q2*-1;;+1. The second-order valence-electron chi connectivity index (χ2n) is 5.25. The molecule has 2 nitrogen and oxygen atoms in total. The summed E-state index contributed by atoms with van der Waals surface area (Å²) in [6.07, 6.45) is 10.3. The summed E-state index contributed by atoms with van der Waals surface area (Å²) >= 11 is 11.2. The fourth-order valence-electron chi connectivity index (χ4n) is 2.63. The van der Waals surface area contributed by atoms with E-state index in [1.54, 1.807) is 6.07 Å². The Morgan fingerprint density at radius 2 is 2.13 bits per heavy atom. The van der Waals surface area contributed by atoms with Crippen LogP contribution in [0.4, 0.5) is 0 Å². The molecule has 0 amide bonds. The molecule has 1 unspecified atom stereocenters. The van der Waals surface area contributed by atoms with Gasteiger partial charge in [-0.3, -0.25) is 5.57 Å². The van der Waals surface area contributed by atoms with Crippen LogP contribution in [0.25, 0.3) is 0 Å². The van der Waals surface area contributed by atoms with Crippen LogP contribution in [-0.2, 0) is 4.74 Å². The van der Waals surface area contributed by atoms with Crippen molar-refractivity contribution in [3.05, 3.63) is 47.0 Å². The summed E-state index contributed by atoms with van der Waals surface area (Å²) in [5.41, 5.74) is 1.59. The monoisotopic (exact) mass is 362 g/mol. The number of allylic oxidation sites excluding steroid dienone is 1. The maximum absolute atomic E-state index is 5.80. The zero-order chi connectivity index (χ0) is 16.3. The Hall–Kier alpha value is 0.170. The molecule has 1 spiro atoms. The third kappa shape index (κ3) is 8.72. The Morgan fingerprint density at radius 1 is 1.35 bits per heavy atom. The summed E-state index contributed by atoms with van der Waals surface area (Å²) in [6, 6.07) is 10.0. The van der Waals surface area contributed by atoms with Gasteiger partial charge in [-0.05, 0) is 26.0 Å². The average Bonchev–Trinajstić information content (AvgIpc) is 3.02. The van der Waals surface area contributed by atoms with Crippen molar-refractivity contribution >= 4 is 29.9 Å². The molecule has 1 aromatic rings. The van der Waals surface area contributed by atoms with Crippen molar-refractivity contribution in [2.45, 2.75) is 44.1 Å². The molecule has 1 fully saturated rings. The van der Waals surface area contributed by atoms with Gasteiger partial charge in [0.2, 0.25) is 0 Å². The van der Waals surface area contributed by atoms with Crippen molar-refractivity contribution in [2.24, 2.45) is 0 Å². The normalized spacial score (nSPS) is 21.9. The van der Waals surface area contributed by atoms with Crippen LogP contribution in [0.15, 0.2) is 29.8 Å². The van der Waals surface area contributed by atoms with Gasteiger partial charge < -0.3 is 16.2 Å². The van der Waals surface area contributed by atoms with Gasteiger partial charge in [0.15, 0.2) is 0 Å². The molecule has 1 heterocycles. The van der Waals surface area contributed by atoms with E-state index in [0.717, 1.165) is 36.8 Å². The van der Waals surface area contributed by atoms with Crippen molar-refractivity contribution < 1.29 is 34.3 Å². The van der Waals surface area contributed by atoms with Gasteiger partial charge >= 0.3 is 29.6 Å². The Balaban J connectivity index is 0.000000415. The Bertz CT molecular complexity index is 448. The third-order valence-electron chi connectivity index (χ3n) is 3.79. The van der Waals surface area contributed by atoms with E-state index < -0.39 is 0 Å². The van der Waals surface area contributed by atoms with Crippen molar-refractivity contribution in [3.63, 3.8) is 0 Å². The van der Waals surface area contributed by atoms with Crippen molar-refractivity contribution in [1.29, 1.82) is 5.41 Å². The van der Waals surface area contributed by atoms with Gasteiger partial charge in [-0.1, -0.05) is 17.9 Å². The number of ether oxygens (including phenoxy) is 1. The molecule has 23 heavy (non-hydrogen) atoms. The van der Waals surface area contributed by atoms with Gasteiger partial charge in [0.25, 0.3) is 0 Å². The van der Waals surface area contributed by atoms with Gasteiger partial charge in [-0.2, -0.15) is 48.4 Å². The average molecular weight is 363 g/mol. The van der Waals surface area contributed by atoms with Gasteiger partial charge in [0.05, 0.1) is 0 Å². The van der Waals surface area contributed by atoms with Crippen LogP contribution in [0.2, 0.25) is 5.02 Å². The molecule has 0 radical (unpaired) electrons. The smallest absolute Gasteiger partial charge is 0.494 e. The molecule has 1 aliphatic heterocycles. The van der Waals surface area contributed by atoms with Crippen LogP contribution in [0.5, 0.6) is 0 Å². The second kappa shape index (κ2) is 13.5. The minimum Gasteiger partial charge on any atom is -0.494 e. The fraction of sp³-hybridized carbons (Fsp3) is 0.500. The molecule has 2 aliphatic rings. The van der Waals surface area contributed by atoms with E-state index in [0.29, 0.717) is 0 Å². The summed E-state index contributed by atoms with van der Waals surface area (Å²) < 4.78 is 5.80. The first-order chi connectivity index (χ1) is 10.7. The quantitative estimate of drug-likeness (QED) is 0.372. The maximum Gasteiger partial charge on any atom is 1.00 e. The zero-order valence-corrected chi connectivity index (χ0v) is 17.3. The molecule has 1 aromatic carbocycles. The number of rotatable bonds is 2. The molecule has 0 aromatic heterocycles. The summed E-state index contributed by atoms with van der Waals surface area (Å²) in [6.45, 7) is 3.45. The van der Waals surface area contributed by atoms with Gasteiger partial charge in [-0.25, -0.2) is 0 Å². The van der Waals surface area contributed by atoms with E-state index in [9.17, 15) is 0 Å². The summed E-state index contributed by atoms with van der Waals surface area (Å²) in [4.78, 5) is 0. The van der Waals surface area contributed by atoms with E-state index in [1.807, 2.05) is 18.2 Å². The molecule has 1 N–H and O–H groups in total. The van der Waals surface area contributed by atoms with Gasteiger partial charge in [-0.15, -0.1) is 11.6 Å². The van der Waals surface area contributed by atoms with Crippen LogP contribution in [0, 0.1) is 17.6 Å². The van der Waals surface area contributed by atoms with Crippen molar-refractivity contribution in [2.75, 3.05) is 12.5 Å². The van der Waals surface area contributed by atoms with E-state index in [2.05, 4.69) is 18.9 Å². The third-order valence-corrected chi connectivity index (χ3v) is 4.22. The number of halogens is 2. The number of nitrogens with one attached hydrogen (secondary N) is 1. The summed E-state index contributed by atoms with van der Waals surface area (Å²) in [7, 11) is 0. The van der Waals surface area contributed by atoms with Crippen LogP contribution in [0.3, 0.4) is 0 Å². The summed E-state index contributed by atoms with van der Waals surface area (Å²) in [5.74, 6) is 0.732. The van der Waals surface area contributed by atoms with Crippen LogP contribution in [-0.4, -0.2) is 24.8 Å². The van der Waals surface area contributed by atoms with Crippen molar-refractivity contribution in [1.82, 2.24) is 0 Å². The van der Waals surface area contributed by atoms with E-state index in [-0.39, 0.29) is 35.2 Å². The molecule has 5 heteroatoms. The van der Waals surface area contributed by atoms with Gasteiger partial charge in [0.1, 0.15) is 0 Å². The first kappa shape index (κ1) is 23.2. The minimum absolute atomic E-state index is 0. The number of hydrogen-bond donors (Lipinski definition) is 1. The predicted octanol–water partition coefficient (Wildman–Crippen LogP) is 2.49. The maximum atomic E-state index is 5.80. The van der Waals surface area contributed by atoms with E-state index >= 15 is 0 Å². The molecule has 1 atom stereocenters. The molecule has 0 bridgehead atoms. The minimum atomic E-state index is 0. The Morgan fingerprint density at radius 3 is 2.52 bits per heavy atom. The molecule has 3 rings (SSSR count). The van der Waals surface area contributed by atoms with Crippen LogP contribution in [0.1, 0.15) is 38.5 Å². The SMILES string of the molecule is C=N.ClCCC1=[C-]CC2(CCCO2)CC1.Clc1c[c-]ccc1.[Na+]. The topological polar surface area (TPSA) is 33.1 Å². The van der Waals surface area contributed by atoms with E-state index in [4.69, 9.17) is 33.3 Å².